The van der Waals surface area contributed by atoms with Crippen molar-refractivity contribution in [3.05, 3.63) is 30.3 Å². The quantitative estimate of drug-likeness (QED) is 0.823. The molecule has 3 atom stereocenters. The van der Waals surface area contributed by atoms with E-state index in [9.17, 15) is 4.79 Å². The maximum absolute atomic E-state index is 13.1. The van der Waals surface area contributed by atoms with Crippen molar-refractivity contribution in [2.45, 2.75) is 36.8 Å². The molecule has 0 aromatic heterocycles. The first-order valence-corrected chi connectivity index (χ1v) is 9.74. The summed E-state index contributed by atoms with van der Waals surface area (Å²) in [7, 11) is 0. The van der Waals surface area contributed by atoms with E-state index in [0.29, 0.717) is 11.8 Å². The lowest BCUT2D eigenvalue weighted by Crippen LogP contribution is -2.41. The van der Waals surface area contributed by atoms with E-state index in [0.717, 1.165) is 50.9 Å². The van der Waals surface area contributed by atoms with Crippen molar-refractivity contribution in [1.29, 1.82) is 0 Å². The van der Waals surface area contributed by atoms with Gasteiger partial charge in [-0.05, 0) is 55.8 Å². The Kier molecular flexibility index (Phi) is 7.45. The highest BCUT2D eigenvalue weighted by Crippen LogP contribution is 2.32. The third kappa shape index (κ3) is 4.68. The van der Waals surface area contributed by atoms with Crippen LogP contribution in [0.15, 0.2) is 35.2 Å². The Morgan fingerprint density at radius 1 is 1.12 bits per heavy atom. The fourth-order valence-electron chi connectivity index (χ4n) is 3.74. The predicted octanol–water partition coefficient (Wildman–Crippen LogP) is 3.68. The first kappa shape index (κ1) is 19.6. The molecule has 2 heterocycles. The molecule has 5 heteroatoms. The highest BCUT2D eigenvalue weighted by atomic mass is 35.5. The van der Waals surface area contributed by atoms with Gasteiger partial charge in [0, 0.05) is 18.0 Å². The van der Waals surface area contributed by atoms with Gasteiger partial charge in [0.25, 0.3) is 0 Å². The summed E-state index contributed by atoms with van der Waals surface area (Å²) in [6.45, 7) is 8.46. The fraction of sp³-hybridized carbons (Fsp3) is 0.632. The average Bonchev–Trinajstić information content (AvgIpc) is 2.91. The van der Waals surface area contributed by atoms with Crippen molar-refractivity contribution in [2.24, 2.45) is 17.8 Å². The van der Waals surface area contributed by atoms with Crippen LogP contribution in [0.4, 0.5) is 0 Å². The van der Waals surface area contributed by atoms with Crippen molar-refractivity contribution in [3.8, 4) is 0 Å². The fourth-order valence-corrected chi connectivity index (χ4v) is 4.87. The number of amides is 1. The lowest BCUT2D eigenvalue weighted by Gasteiger charge is -2.28. The maximum atomic E-state index is 13.1. The molecule has 1 aromatic rings. The van der Waals surface area contributed by atoms with Gasteiger partial charge in [0.15, 0.2) is 0 Å². The highest BCUT2D eigenvalue weighted by molar-refractivity contribution is 8.00. The van der Waals surface area contributed by atoms with Crippen LogP contribution in [0, 0.1) is 17.8 Å². The zero-order chi connectivity index (χ0) is 16.2. The first-order valence-electron chi connectivity index (χ1n) is 8.86. The Bertz CT molecular complexity index is 511. The van der Waals surface area contributed by atoms with Crippen LogP contribution in [0.25, 0.3) is 0 Å². The second-order valence-electron chi connectivity index (χ2n) is 7.18. The summed E-state index contributed by atoms with van der Waals surface area (Å²) in [6, 6.07) is 10.3. The number of nitrogens with zero attached hydrogens (tertiary/aromatic N) is 1. The van der Waals surface area contributed by atoms with Crippen LogP contribution in [-0.4, -0.2) is 42.2 Å². The van der Waals surface area contributed by atoms with E-state index < -0.39 is 0 Å². The summed E-state index contributed by atoms with van der Waals surface area (Å²) in [5.74, 6) is 2.22. The summed E-state index contributed by atoms with van der Waals surface area (Å²) < 4.78 is 0. The molecule has 24 heavy (non-hydrogen) atoms. The van der Waals surface area contributed by atoms with Gasteiger partial charge in [0.05, 0.1) is 5.25 Å². The van der Waals surface area contributed by atoms with Gasteiger partial charge in [0.2, 0.25) is 5.91 Å². The molecule has 2 aliphatic rings. The Labute approximate surface area is 156 Å². The van der Waals surface area contributed by atoms with Gasteiger partial charge in [-0.15, -0.1) is 24.2 Å². The summed E-state index contributed by atoms with van der Waals surface area (Å²) in [5, 5.41) is 3.52. The Hall–Kier alpha value is -0.710. The minimum Gasteiger partial charge on any atom is -0.342 e. The third-order valence-electron chi connectivity index (χ3n) is 5.19. The number of thioether (sulfide) groups is 1. The molecular formula is C19H29ClN2OS. The topological polar surface area (TPSA) is 32.3 Å². The van der Waals surface area contributed by atoms with E-state index in [1.165, 1.54) is 4.90 Å². The van der Waals surface area contributed by atoms with E-state index in [1.54, 1.807) is 11.8 Å². The third-order valence-corrected chi connectivity index (χ3v) is 6.73. The van der Waals surface area contributed by atoms with E-state index in [4.69, 9.17) is 0 Å². The summed E-state index contributed by atoms with van der Waals surface area (Å²) in [4.78, 5) is 16.4. The average molecular weight is 369 g/mol. The standard InChI is InChI=1S/C19H28N2OS.ClH/c1-14(2)18(23-17-6-4-3-5-7-17)19(22)21-10-8-15-12-20-13-16(15)9-11-21;/h3-7,14-16,18,20H,8-13H2,1-2H3;1H/t15-,16+,18?;. The smallest absolute Gasteiger partial charge is 0.236 e. The number of carbonyl (C=O) groups is 1. The van der Waals surface area contributed by atoms with Crippen LogP contribution in [0.2, 0.25) is 0 Å². The highest BCUT2D eigenvalue weighted by Gasteiger charge is 2.34. The monoisotopic (exact) mass is 368 g/mol. The molecule has 0 saturated carbocycles. The molecule has 0 bridgehead atoms. The lowest BCUT2D eigenvalue weighted by atomic mass is 9.92. The number of benzene rings is 1. The molecule has 0 aliphatic carbocycles. The number of nitrogens with one attached hydrogen (secondary N) is 1. The predicted molar refractivity (Wildman–Crippen MR) is 104 cm³/mol. The van der Waals surface area contributed by atoms with E-state index in [-0.39, 0.29) is 17.7 Å². The molecule has 0 radical (unpaired) electrons. The molecule has 1 aromatic carbocycles. The number of carbonyl (C=O) groups excluding carboxylic acids is 1. The zero-order valence-electron chi connectivity index (χ0n) is 14.6. The van der Waals surface area contributed by atoms with Gasteiger partial charge in [0.1, 0.15) is 0 Å². The number of halogens is 1. The minimum atomic E-state index is 0. The molecule has 2 saturated heterocycles. The van der Waals surface area contributed by atoms with Crippen molar-refractivity contribution < 1.29 is 4.79 Å². The summed E-state index contributed by atoms with van der Waals surface area (Å²) >= 11 is 1.72. The molecule has 1 unspecified atom stereocenters. The van der Waals surface area contributed by atoms with Crippen molar-refractivity contribution in [2.75, 3.05) is 26.2 Å². The maximum Gasteiger partial charge on any atom is 0.236 e. The van der Waals surface area contributed by atoms with Crippen LogP contribution >= 0.6 is 24.2 Å². The SMILES string of the molecule is CC(C)C(Sc1ccccc1)C(=O)N1CC[C@@H]2CNC[C@@H]2CC1.Cl. The van der Waals surface area contributed by atoms with Gasteiger partial charge in [-0.2, -0.15) is 0 Å². The van der Waals surface area contributed by atoms with Gasteiger partial charge < -0.3 is 10.2 Å². The molecule has 0 spiro atoms. The Morgan fingerprint density at radius 3 is 2.25 bits per heavy atom. The molecule has 3 rings (SSSR count). The minimum absolute atomic E-state index is 0. The van der Waals surface area contributed by atoms with Crippen LogP contribution in [0.5, 0.6) is 0 Å². The van der Waals surface area contributed by atoms with E-state index in [1.807, 2.05) is 18.2 Å². The van der Waals surface area contributed by atoms with Gasteiger partial charge in [-0.3, -0.25) is 4.79 Å². The molecule has 134 valence electrons. The number of hydrogen-bond donors (Lipinski definition) is 1. The molecule has 2 aliphatic heterocycles. The van der Waals surface area contributed by atoms with Crippen LogP contribution in [-0.2, 0) is 4.79 Å². The molecule has 3 nitrogen and oxygen atoms in total. The molecule has 1 amide bonds. The number of hydrogen-bond acceptors (Lipinski definition) is 3. The number of rotatable bonds is 4. The van der Waals surface area contributed by atoms with Gasteiger partial charge in [-0.25, -0.2) is 0 Å². The van der Waals surface area contributed by atoms with Gasteiger partial charge in [-0.1, -0.05) is 32.0 Å². The van der Waals surface area contributed by atoms with Crippen LogP contribution < -0.4 is 5.32 Å². The second kappa shape index (κ2) is 9.12. The molecular weight excluding hydrogens is 340 g/mol. The van der Waals surface area contributed by atoms with Gasteiger partial charge >= 0.3 is 0 Å². The Balaban J connectivity index is 0.00000208. The van der Waals surface area contributed by atoms with Crippen LogP contribution in [0.1, 0.15) is 26.7 Å². The Morgan fingerprint density at radius 2 is 1.71 bits per heavy atom. The first-order chi connectivity index (χ1) is 11.1. The second-order valence-corrected chi connectivity index (χ2v) is 8.39. The van der Waals surface area contributed by atoms with Crippen LogP contribution in [0.3, 0.4) is 0 Å². The molecule has 2 fully saturated rings. The summed E-state index contributed by atoms with van der Waals surface area (Å²) in [6.07, 6.45) is 2.31. The van der Waals surface area contributed by atoms with Crippen molar-refractivity contribution in [1.82, 2.24) is 10.2 Å². The lowest BCUT2D eigenvalue weighted by molar-refractivity contribution is -0.131. The summed E-state index contributed by atoms with van der Waals surface area (Å²) in [5.41, 5.74) is 0. The van der Waals surface area contributed by atoms with E-state index in [2.05, 4.69) is 36.2 Å². The van der Waals surface area contributed by atoms with E-state index >= 15 is 0 Å². The van der Waals surface area contributed by atoms with Crippen molar-refractivity contribution in [3.63, 3.8) is 0 Å². The molecule has 1 N–H and O–H groups in total. The largest absolute Gasteiger partial charge is 0.342 e. The number of likely N-dealkylation sites (tertiary alicyclic amines) is 1. The normalized spacial score (nSPS) is 24.9. The number of fused-ring (bicyclic) bond motifs is 1. The zero-order valence-corrected chi connectivity index (χ0v) is 16.2. The van der Waals surface area contributed by atoms with Crippen molar-refractivity contribution >= 4 is 30.1 Å².